The van der Waals surface area contributed by atoms with E-state index in [1.54, 1.807) is 6.92 Å². The molecule has 0 radical (unpaired) electrons. The number of anilines is 1. The van der Waals surface area contributed by atoms with E-state index in [1.165, 1.54) is 4.90 Å². The van der Waals surface area contributed by atoms with Gasteiger partial charge in [-0.3, -0.25) is 0 Å². The number of likely N-dealkylation sites (N-methyl/N-ethyl adjacent to an activating group) is 1. The molecule has 0 aliphatic carbocycles. The lowest BCUT2D eigenvalue weighted by atomic mass is 10.0. The maximum Gasteiger partial charge on any atom is 0.335 e. The highest BCUT2D eigenvalue weighted by molar-refractivity contribution is 5.97. The first kappa shape index (κ1) is 14.4. The van der Waals surface area contributed by atoms with E-state index in [2.05, 4.69) is 4.74 Å². The Morgan fingerprint density at radius 2 is 1.80 bits per heavy atom. The summed E-state index contributed by atoms with van der Waals surface area (Å²) in [5.41, 5.74) is -0.849. The van der Waals surface area contributed by atoms with Crippen LogP contribution in [0.1, 0.15) is 12.5 Å². The van der Waals surface area contributed by atoms with Crippen molar-refractivity contribution in [3.05, 3.63) is 34.4 Å². The summed E-state index contributed by atoms with van der Waals surface area (Å²) in [4.78, 5) is 12.7. The molecular formula is C13H11F4NO2. The molecule has 0 N–H and O–H groups in total. The molecule has 1 aliphatic heterocycles. The summed E-state index contributed by atoms with van der Waals surface area (Å²) in [5.74, 6) is -7.51. The van der Waals surface area contributed by atoms with Gasteiger partial charge in [-0.15, -0.1) is 0 Å². The number of fused-ring (bicyclic) bond motifs is 1. The molecule has 0 saturated carbocycles. The fraction of sp³-hybridized carbons (Fsp3) is 0.308. The number of hydrogen-bond acceptors (Lipinski definition) is 3. The van der Waals surface area contributed by atoms with Crippen LogP contribution in [0.5, 0.6) is 0 Å². The topological polar surface area (TPSA) is 29.5 Å². The molecule has 7 heteroatoms. The summed E-state index contributed by atoms with van der Waals surface area (Å²) in [6, 6.07) is 0. The van der Waals surface area contributed by atoms with Crippen LogP contribution in [0, 0.1) is 23.3 Å². The molecule has 0 bridgehead atoms. The molecule has 1 aromatic carbocycles. The second kappa shape index (κ2) is 5.15. The van der Waals surface area contributed by atoms with Crippen LogP contribution in [0.25, 0.3) is 6.08 Å². The third-order valence-electron chi connectivity index (χ3n) is 3.10. The molecule has 0 fully saturated rings. The zero-order chi connectivity index (χ0) is 15.0. The van der Waals surface area contributed by atoms with E-state index in [9.17, 15) is 22.4 Å². The Morgan fingerprint density at radius 1 is 1.20 bits per heavy atom. The number of ether oxygens (including phenoxy) is 1. The molecular weight excluding hydrogens is 278 g/mol. The third-order valence-corrected chi connectivity index (χ3v) is 3.10. The Kier molecular flexibility index (Phi) is 3.69. The number of carbonyl (C=O) groups is 1. The smallest absolute Gasteiger partial charge is 0.335 e. The average Bonchev–Trinajstić information content (AvgIpc) is 2.48. The molecule has 1 heterocycles. The Labute approximate surface area is 112 Å². The van der Waals surface area contributed by atoms with Gasteiger partial charge >= 0.3 is 5.97 Å². The SMILES string of the molecule is CCN1CC(C(=O)OC)=Cc2c(F)c(F)c(F)c(F)c21. The minimum atomic E-state index is -1.90. The lowest BCUT2D eigenvalue weighted by Crippen LogP contribution is -2.33. The van der Waals surface area contributed by atoms with Crippen LogP contribution in [0.15, 0.2) is 5.57 Å². The molecule has 1 aliphatic rings. The van der Waals surface area contributed by atoms with E-state index < -0.39 is 40.5 Å². The van der Waals surface area contributed by atoms with Gasteiger partial charge in [-0.05, 0) is 13.0 Å². The van der Waals surface area contributed by atoms with Crippen LogP contribution in [-0.4, -0.2) is 26.2 Å². The van der Waals surface area contributed by atoms with Gasteiger partial charge in [0.2, 0.25) is 0 Å². The zero-order valence-corrected chi connectivity index (χ0v) is 10.8. The average molecular weight is 289 g/mol. The van der Waals surface area contributed by atoms with Crippen molar-refractivity contribution in [2.45, 2.75) is 6.92 Å². The first-order valence-electron chi connectivity index (χ1n) is 5.82. The van der Waals surface area contributed by atoms with Gasteiger partial charge in [-0.2, -0.15) is 0 Å². The van der Waals surface area contributed by atoms with Crippen LogP contribution >= 0.6 is 0 Å². The maximum absolute atomic E-state index is 13.8. The summed E-state index contributed by atoms with van der Waals surface area (Å²) >= 11 is 0. The van der Waals surface area contributed by atoms with Gasteiger partial charge in [-0.25, -0.2) is 22.4 Å². The van der Waals surface area contributed by atoms with Crippen LogP contribution in [0.3, 0.4) is 0 Å². The fourth-order valence-electron chi connectivity index (χ4n) is 2.11. The highest BCUT2D eigenvalue weighted by atomic mass is 19.2. The first-order valence-corrected chi connectivity index (χ1v) is 5.82. The van der Waals surface area contributed by atoms with Gasteiger partial charge in [0.1, 0.15) is 0 Å². The second-order valence-corrected chi connectivity index (χ2v) is 4.19. The molecule has 0 unspecified atom stereocenters. The Hall–Kier alpha value is -2.05. The molecule has 0 saturated heterocycles. The number of halogens is 4. The van der Waals surface area contributed by atoms with Crippen LogP contribution in [-0.2, 0) is 9.53 Å². The largest absolute Gasteiger partial charge is 0.466 e. The number of hydrogen-bond donors (Lipinski definition) is 0. The molecule has 3 nitrogen and oxygen atoms in total. The van der Waals surface area contributed by atoms with E-state index >= 15 is 0 Å². The summed E-state index contributed by atoms with van der Waals surface area (Å²) in [5, 5.41) is 0. The van der Waals surface area contributed by atoms with E-state index in [-0.39, 0.29) is 18.7 Å². The highest BCUT2D eigenvalue weighted by Gasteiger charge is 2.31. The van der Waals surface area contributed by atoms with Crippen LogP contribution < -0.4 is 4.90 Å². The quantitative estimate of drug-likeness (QED) is 0.363. The van der Waals surface area contributed by atoms with Crippen molar-refractivity contribution in [1.82, 2.24) is 0 Å². The van der Waals surface area contributed by atoms with E-state index in [1.807, 2.05) is 0 Å². The molecule has 108 valence electrons. The van der Waals surface area contributed by atoms with Gasteiger partial charge in [-0.1, -0.05) is 0 Å². The molecule has 2 rings (SSSR count). The van der Waals surface area contributed by atoms with Gasteiger partial charge in [0.25, 0.3) is 0 Å². The predicted octanol–water partition coefficient (Wildman–Crippen LogP) is 2.64. The van der Waals surface area contributed by atoms with E-state index in [4.69, 9.17) is 0 Å². The normalized spacial score (nSPS) is 13.9. The van der Waals surface area contributed by atoms with Gasteiger partial charge < -0.3 is 9.64 Å². The summed E-state index contributed by atoms with van der Waals surface area (Å²) < 4.78 is 58.6. The second-order valence-electron chi connectivity index (χ2n) is 4.19. The number of nitrogens with zero attached hydrogens (tertiary/aromatic N) is 1. The Morgan fingerprint density at radius 3 is 2.35 bits per heavy atom. The molecule has 0 aromatic heterocycles. The lowest BCUT2D eigenvalue weighted by Gasteiger charge is -2.30. The third kappa shape index (κ3) is 2.03. The van der Waals surface area contributed by atoms with E-state index in [0.717, 1.165) is 13.2 Å². The number of esters is 1. The standard InChI is InChI=1S/C13H11F4NO2/c1-3-18-5-6(13(19)20-2)4-7-8(14)9(15)10(16)11(17)12(7)18/h4H,3,5H2,1-2H3. The Balaban J connectivity index is 2.73. The number of methoxy groups -OCH3 is 1. The molecule has 0 spiro atoms. The minimum absolute atomic E-state index is 0.0335. The summed E-state index contributed by atoms with van der Waals surface area (Å²) in [7, 11) is 1.14. The van der Waals surface area contributed by atoms with Crippen molar-refractivity contribution < 1.29 is 27.1 Å². The zero-order valence-electron chi connectivity index (χ0n) is 10.8. The van der Waals surface area contributed by atoms with Crippen LogP contribution in [0.4, 0.5) is 23.2 Å². The van der Waals surface area contributed by atoms with Gasteiger partial charge in [0.05, 0.1) is 24.9 Å². The molecule has 0 amide bonds. The number of carbonyl (C=O) groups excluding carboxylic acids is 1. The molecule has 1 aromatic rings. The van der Waals surface area contributed by atoms with Crippen molar-refractivity contribution in [3.8, 4) is 0 Å². The molecule has 20 heavy (non-hydrogen) atoms. The van der Waals surface area contributed by atoms with Crippen molar-refractivity contribution in [2.75, 3.05) is 25.1 Å². The van der Waals surface area contributed by atoms with Crippen molar-refractivity contribution >= 4 is 17.7 Å². The van der Waals surface area contributed by atoms with Crippen molar-refractivity contribution in [2.24, 2.45) is 0 Å². The van der Waals surface area contributed by atoms with Gasteiger partial charge in [0.15, 0.2) is 23.3 Å². The highest BCUT2D eigenvalue weighted by Crippen LogP contribution is 2.36. The lowest BCUT2D eigenvalue weighted by molar-refractivity contribution is -0.136. The van der Waals surface area contributed by atoms with Crippen molar-refractivity contribution in [1.29, 1.82) is 0 Å². The fourth-order valence-corrected chi connectivity index (χ4v) is 2.11. The Bertz CT molecular complexity index is 613. The van der Waals surface area contributed by atoms with Crippen LogP contribution in [0.2, 0.25) is 0 Å². The van der Waals surface area contributed by atoms with Crippen molar-refractivity contribution in [3.63, 3.8) is 0 Å². The van der Waals surface area contributed by atoms with Gasteiger partial charge in [0, 0.05) is 12.1 Å². The number of rotatable bonds is 2. The predicted molar refractivity (Wildman–Crippen MR) is 64.2 cm³/mol. The summed E-state index contributed by atoms with van der Waals surface area (Å²) in [6.07, 6.45) is 0.980. The monoisotopic (exact) mass is 289 g/mol. The first-order chi connectivity index (χ1) is 9.42. The maximum atomic E-state index is 13.8. The number of benzene rings is 1. The minimum Gasteiger partial charge on any atom is -0.466 e. The van der Waals surface area contributed by atoms with E-state index in [0.29, 0.717) is 0 Å². The summed E-state index contributed by atoms with van der Waals surface area (Å²) in [6.45, 7) is 1.73. The molecule has 0 atom stereocenters.